The van der Waals surface area contributed by atoms with Gasteiger partial charge in [0.1, 0.15) is 5.82 Å². The molecule has 3 rings (SSSR count). The zero-order chi connectivity index (χ0) is 9.54. The van der Waals surface area contributed by atoms with Gasteiger partial charge < -0.3 is 9.84 Å². The fourth-order valence-electron chi connectivity index (χ4n) is 1.71. The van der Waals surface area contributed by atoms with Crippen molar-refractivity contribution in [1.82, 2.24) is 10.5 Å². The summed E-state index contributed by atoms with van der Waals surface area (Å²) in [5.74, 6) is 0.133. The lowest BCUT2D eigenvalue weighted by Gasteiger charge is -2.24. The standard InChI is InChI=1S/C10H9FN2O.ClH/c11-7-1-2-8-9(3-7)14-13-10(8)6-4-12-5-6;/h1-3,6,12H,4-5H2;1H. The van der Waals surface area contributed by atoms with Gasteiger partial charge in [-0.05, 0) is 12.1 Å². The first-order chi connectivity index (χ1) is 6.84. The van der Waals surface area contributed by atoms with Crippen LogP contribution in [0.5, 0.6) is 0 Å². The third kappa shape index (κ3) is 1.60. The van der Waals surface area contributed by atoms with E-state index >= 15 is 0 Å². The van der Waals surface area contributed by atoms with E-state index in [1.54, 1.807) is 6.07 Å². The smallest absolute Gasteiger partial charge is 0.170 e. The van der Waals surface area contributed by atoms with Gasteiger partial charge in [0.25, 0.3) is 0 Å². The monoisotopic (exact) mass is 228 g/mol. The Bertz CT molecular complexity index is 481. The topological polar surface area (TPSA) is 38.1 Å². The van der Waals surface area contributed by atoms with Crippen LogP contribution in [0.1, 0.15) is 11.6 Å². The summed E-state index contributed by atoms with van der Waals surface area (Å²) in [6.07, 6.45) is 0. The van der Waals surface area contributed by atoms with Gasteiger partial charge in [-0.1, -0.05) is 5.16 Å². The summed E-state index contributed by atoms with van der Waals surface area (Å²) < 4.78 is 17.9. The van der Waals surface area contributed by atoms with Gasteiger partial charge in [0.15, 0.2) is 5.58 Å². The van der Waals surface area contributed by atoms with Crippen LogP contribution in [0.4, 0.5) is 4.39 Å². The summed E-state index contributed by atoms with van der Waals surface area (Å²) >= 11 is 0. The number of hydrogen-bond acceptors (Lipinski definition) is 3. The third-order valence-electron chi connectivity index (χ3n) is 2.63. The molecule has 0 aliphatic carbocycles. The van der Waals surface area contributed by atoms with E-state index in [0.29, 0.717) is 11.5 Å². The average molecular weight is 229 g/mol. The fraction of sp³-hybridized carbons (Fsp3) is 0.300. The van der Waals surface area contributed by atoms with Crippen molar-refractivity contribution in [1.29, 1.82) is 0 Å². The molecule has 15 heavy (non-hydrogen) atoms. The van der Waals surface area contributed by atoms with Crippen LogP contribution in [-0.4, -0.2) is 18.2 Å². The van der Waals surface area contributed by atoms with Crippen molar-refractivity contribution >= 4 is 23.4 Å². The molecule has 1 aromatic carbocycles. The average Bonchev–Trinajstić information content (AvgIpc) is 2.45. The maximum atomic E-state index is 12.8. The molecule has 5 heteroatoms. The Kier molecular flexibility index (Phi) is 2.63. The number of fused-ring (bicyclic) bond motifs is 1. The molecule has 1 aliphatic heterocycles. The highest BCUT2D eigenvalue weighted by molar-refractivity contribution is 5.85. The van der Waals surface area contributed by atoms with E-state index in [1.165, 1.54) is 12.1 Å². The predicted octanol–water partition coefficient (Wildman–Crippen LogP) is 2.08. The molecular formula is C10H10ClFN2O. The van der Waals surface area contributed by atoms with Gasteiger partial charge in [0, 0.05) is 30.5 Å². The van der Waals surface area contributed by atoms with Crippen molar-refractivity contribution in [3.05, 3.63) is 29.7 Å². The van der Waals surface area contributed by atoms with Crippen LogP contribution >= 0.6 is 12.4 Å². The molecule has 1 N–H and O–H groups in total. The molecular weight excluding hydrogens is 219 g/mol. The molecule has 0 saturated carbocycles. The van der Waals surface area contributed by atoms with Crippen molar-refractivity contribution in [2.24, 2.45) is 0 Å². The Morgan fingerprint density at radius 3 is 2.87 bits per heavy atom. The number of halogens is 2. The lowest BCUT2D eigenvalue weighted by Crippen LogP contribution is -2.40. The van der Waals surface area contributed by atoms with E-state index in [2.05, 4.69) is 10.5 Å². The summed E-state index contributed by atoms with van der Waals surface area (Å²) in [7, 11) is 0. The molecule has 1 fully saturated rings. The molecule has 0 bridgehead atoms. The first-order valence-electron chi connectivity index (χ1n) is 4.60. The minimum atomic E-state index is -0.285. The molecule has 2 aromatic rings. The van der Waals surface area contributed by atoms with Crippen LogP contribution in [0.3, 0.4) is 0 Å². The molecule has 0 radical (unpaired) electrons. The maximum absolute atomic E-state index is 12.8. The Balaban J connectivity index is 0.000000853. The van der Waals surface area contributed by atoms with Crippen molar-refractivity contribution in [3.63, 3.8) is 0 Å². The van der Waals surface area contributed by atoms with Crippen LogP contribution in [0, 0.1) is 5.82 Å². The molecule has 1 saturated heterocycles. The molecule has 3 nitrogen and oxygen atoms in total. The van der Waals surface area contributed by atoms with Gasteiger partial charge in [0.05, 0.1) is 5.69 Å². The van der Waals surface area contributed by atoms with Crippen molar-refractivity contribution < 1.29 is 8.91 Å². The number of nitrogens with one attached hydrogen (secondary N) is 1. The molecule has 80 valence electrons. The second-order valence-electron chi connectivity index (χ2n) is 3.56. The van der Waals surface area contributed by atoms with Crippen LogP contribution < -0.4 is 5.32 Å². The summed E-state index contributed by atoms with van der Waals surface area (Å²) in [6.45, 7) is 1.86. The lowest BCUT2D eigenvalue weighted by atomic mass is 9.97. The molecule has 0 unspecified atom stereocenters. The van der Waals surface area contributed by atoms with Crippen molar-refractivity contribution in [2.45, 2.75) is 5.92 Å². The molecule has 0 spiro atoms. The van der Waals surface area contributed by atoms with Gasteiger partial charge in [0.2, 0.25) is 0 Å². The number of hydrogen-bond donors (Lipinski definition) is 1. The molecule has 2 heterocycles. The number of nitrogens with zero attached hydrogens (tertiary/aromatic N) is 1. The van der Waals surface area contributed by atoms with E-state index < -0.39 is 0 Å². The van der Waals surface area contributed by atoms with Crippen molar-refractivity contribution in [2.75, 3.05) is 13.1 Å². The van der Waals surface area contributed by atoms with Gasteiger partial charge in [-0.2, -0.15) is 0 Å². The highest BCUT2D eigenvalue weighted by Crippen LogP contribution is 2.27. The van der Waals surface area contributed by atoms with Crippen LogP contribution in [0.25, 0.3) is 11.0 Å². The van der Waals surface area contributed by atoms with Crippen LogP contribution in [0.15, 0.2) is 22.7 Å². The molecule has 0 amide bonds. The Labute approximate surface area is 92.0 Å². The van der Waals surface area contributed by atoms with Crippen LogP contribution in [-0.2, 0) is 0 Å². The van der Waals surface area contributed by atoms with Gasteiger partial charge in [-0.15, -0.1) is 12.4 Å². The highest BCUT2D eigenvalue weighted by Gasteiger charge is 2.24. The third-order valence-corrected chi connectivity index (χ3v) is 2.63. The predicted molar refractivity (Wildman–Crippen MR) is 56.8 cm³/mol. The first kappa shape index (κ1) is 10.4. The van der Waals surface area contributed by atoms with E-state index in [9.17, 15) is 4.39 Å². The van der Waals surface area contributed by atoms with E-state index in [-0.39, 0.29) is 18.2 Å². The minimum absolute atomic E-state index is 0. The fourth-order valence-corrected chi connectivity index (χ4v) is 1.71. The number of rotatable bonds is 1. The molecule has 1 aliphatic rings. The van der Waals surface area contributed by atoms with E-state index in [1.807, 2.05) is 0 Å². The highest BCUT2D eigenvalue weighted by atomic mass is 35.5. The second kappa shape index (κ2) is 3.79. The van der Waals surface area contributed by atoms with Gasteiger partial charge in [-0.25, -0.2) is 4.39 Å². The summed E-state index contributed by atoms with van der Waals surface area (Å²) in [5, 5.41) is 8.08. The maximum Gasteiger partial charge on any atom is 0.170 e. The van der Waals surface area contributed by atoms with Crippen molar-refractivity contribution in [3.8, 4) is 0 Å². The Morgan fingerprint density at radius 2 is 2.20 bits per heavy atom. The summed E-state index contributed by atoms with van der Waals surface area (Å²) in [5.41, 5.74) is 1.48. The zero-order valence-electron chi connectivity index (χ0n) is 7.87. The zero-order valence-corrected chi connectivity index (χ0v) is 8.68. The lowest BCUT2D eigenvalue weighted by molar-refractivity contribution is 0.393. The Hall–Kier alpha value is -1.13. The van der Waals surface area contributed by atoms with E-state index in [4.69, 9.17) is 4.52 Å². The summed E-state index contributed by atoms with van der Waals surface area (Å²) in [4.78, 5) is 0. The first-order valence-corrected chi connectivity index (χ1v) is 4.60. The van der Waals surface area contributed by atoms with E-state index in [0.717, 1.165) is 24.2 Å². The number of benzene rings is 1. The SMILES string of the molecule is Cl.Fc1ccc2c(C3CNC3)noc2c1. The molecule has 1 aromatic heterocycles. The second-order valence-corrected chi connectivity index (χ2v) is 3.56. The van der Waals surface area contributed by atoms with Crippen LogP contribution in [0.2, 0.25) is 0 Å². The normalized spacial score (nSPS) is 16.1. The Morgan fingerprint density at radius 1 is 1.40 bits per heavy atom. The minimum Gasteiger partial charge on any atom is -0.356 e. The largest absolute Gasteiger partial charge is 0.356 e. The molecule has 0 atom stereocenters. The van der Waals surface area contributed by atoms with Gasteiger partial charge >= 0.3 is 0 Å². The number of aromatic nitrogens is 1. The quantitative estimate of drug-likeness (QED) is 0.812. The van der Waals surface area contributed by atoms with Gasteiger partial charge in [-0.3, -0.25) is 0 Å². The summed E-state index contributed by atoms with van der Waals surface area (Å²) in [6, 6.07) is 4.54.